The second-order valence-electron chi connectivity index (χ2n) is 7.43. The first kappa shape index (κ1) is 24.1. The van der Waals surface area contributed by atoms with Gasteiger partial charge in [-0.1, -0.05) is 36.1 Å². The third-order valence-electron chi connectivity index (χ3n) is 4.74. The lowest BCUT2D eigenvalue weighted by Crippen LogP contribution is -2.28. The highest BCUT2D eigenvalue weighted by Gasteiger charge is 2.14. The topological polar surface area (TPSA) is 84.9 Å². The van der Waals surface area contributed by atoms with Crippen molar-refractivity contribution in [2.45, 2.75) is 0 Å². The summed E-state index contributed by atoms with van der Waals surface area (Å²) in [6, 6.07) is 20.7. The normalized spacial score (nSPS) is 9.85. The van der Waals surface area contributed by atoms with Crippen LogP contribution in [0, 0.1) is 11.8 Å². The molecule has 172 valence electrons. The third kappa shape index (κ3) is 6.47. The van der Waals surface area contributed by atoms with Gasteiger partial charge in [0.25, 0.3) is 11.8 Å². The van der Waals surface area contributed by atoms with Crippen LogP contribution in [0.2, 0.25) is 0 Å². The second kappa shape index (κ2) is 11.3. The Morgan fingerprint density at radius 2 is 1.56 bits per heavy atom. The van der Waals surface area contributed by atoms with E-state index < -0.39 is 5.97 Å². The van der Waals surface area contributed by atoms with Crippen LogP contribution in [0.5, 0.6) is 5.75 Å². The van der Waals surface area contributed by atoms with E-state index in [1.165, 1.54) is 12.0 Å². The summed E-state index contributed by atoms with van der Waals surface area (Å²) >= 11 is 0. The minimum atomic E-state index is -0.427. The Morgan fingerprint density at radius 1 is 0.882 bits per heavy atom. The van der Waals surface area contributed by atoms with E-state index >= 15 is 0 Å². The number of nitrogens with zero attached hydrogens (tertiary/aromatic N) is 1. The fourth-order valence-corrected chi connectivity index (χ4v) is 2.91. The molecule has 0 aromatic heterocycles. The molecule has 0 saturated carbocycles. The Labute approximate surface area is 198 Å². The van der Waals surface area contributed by atoms with Crippen molar-refractivity contribution in [3.63, 3.8) is 0 Å². The minimum Gasteiger partial charge on any atom is -0.483 e. The Kier molecular flexibility index (Phi) is 8.03. The fourth-order valence-electron chi connectivity index (χ4n) is 2.91. The van der Waals surface area contributed by atoms with Crippen LogP contribution in [0.15, 0.2) is 72.8 Å². The van der Waals surface area contributed by atoms with Gasteiger partial charge in [-0.25, -0.2) is 4.79 Å². The average molecular weight is 456 g/mol. The number of nitrogens with one attached hydrogen (secondary N) is 1. The van der Waals surface area contributed by atoms with E-state index in [9.17, 15) is 14.4 Å². The number of benzene rings is 3. The van der Waals surface area contributed by atoms with Gasteiger partial charge >= 0.3 is 5.97 Å². The molecule has 2 amide bonds. The van der Waals surface area contributed by atoms with Gasteiger partial charge in [0.15, 0.2) is 6.61 Å². The summed E-state index contributed by atoms with van der Waals surface area (Å²) < 4.78 is 10.3. The van der Waals surface area contributed by atoms with Crippen LogP contribution in [0.4, 0.5) is 5.69 Å². The zero-order chi connectivity index (χ0) is 24.5. The van der Waals surface area contributed by atoms with Gasteiger partial charge in [-0.05, 0) is 48.5 Å². The van der Waals surface area contributed by atoms with Crippen molar-refractivity contribution in [3.05, 3.63) is 95.1 Å². The fraction of sp³-hybridized carbons (Fsp3) is 0.148. The van der Waals surface area contributed by atoms with Gasteiger partial charge in [-0.3, -0.25) is 9.59 Å². The number of rotatable bonds is 6. The number of ether oxygens (including phenoxy) is 2. The van der Waals surface area contributed by atoms with Crippen LogP contribution in [-0.4, -0.2) is 50.5 Å². The first-order valence-corrected chi connectivity index (χ1v) is 10.4. The zero-order valence-electron chi connectivity index (χ0n) is 19.1. The maximum Gasteiger partial charge on any atom is 0.337 e. The smallest absolute Gasteiger partial charge is 0.337 e. The second-order valence-corrected chi connectivity index (χ2v) is 7.43. The number of hydrogen-bond donors (Lipinski definition) is 1. The largest absolute Gasteiger partial charge is 0.483 e. The van der Waals surface area contributed by atoms with Gasteiger partial charge < -0.3 is 19.7 Å². The Morgan fingerprint density at radius 3 is 2.26 bits per heavy atom. The molecule has 3 aromatic rings. The number of anilines is 1. The van der Waals surface area contributed by atoms with E-state index in [1.54, 1.807) is 80.8 Å². The molecule has 0 heterocycles. The van der Waals surface area contributed by atoms with E-state index in [0.29, 0.717) is 33.7 Å². The summed E-state index contributed by atoms with van der Waals surface area (Å²) in [5.74, 6) is 5.35. The van der Waals surface area contributed by atoms with Gasteiger partial charge in [0.05, 0.1) is 18.2 Å². The molecule has 0 atom stereocenters. The molecule has 0 aliphatic carbocycles. The molecule has 1 N–H and O–H groups in total. The van der Waals surface area contributed by atoms with E-state index in [1.807, 2.05) is 6.07 Å². The molecular weight excluding hydrogens is 432 g/mol. The van der Waals surface area contributed by atoms with E-state index in [2.05, 4.69) is 17.2 Å². The molecule has 0 saturated heterocycles. The number of carbonyl (C=O) groups excluding carboxylic acids is 3. The highest BCUT2D eigenvalue weighted by molar-refractivity contribution is 6.06. The van der Waals surface area contributed by atoms with E-state index in [0.717, 1.165) is 0 Å². The Bertz CT molecular complexity index is 1270. The van der Waals surface area contributed by atoms with E-state index in [4.69, 9.17) is 9.47 Å². The Balaban J connectivity index is 1.74. The standard InChI is InChI=1S/C27H24N2O5/c1-29(2)25(30)18-34-24-13-5-4-12-23(24)26(31)28-22-11-7-9-20(17-22)15-14-19-8-6-10-21(16-19)27(32)33-3/h4-13,16-17H,18H2,1-3H3,(H,28,31). The summed E-state index contributed by atoms with van der Waals surface area (Å²) in [5.41, 5.74) is 2.63. The molecule has 3 rings (SSSR count). The van der Waals surface area contributed by atoms with Crippen molar-refractivity contribution in [1.29, 1.82) is 0 Å². The number of amides is 2. The number of hydrogen-bond acceptors (Lipinski definition) is 5. The average Bonchev–Trinajstić information content (AvgIpc) is 2.86. The van der Waals surface area contributed by atoms with Crippen molar-refractivity contribution >= 4 is 23.5 Å². The highest BCUT2D eigenvalue weighted by atomic mass is 16.5. The van der Waals surface area contributed by atoms with Gasteiger partial charge in [0, 0.05) is 30.9 Å². The number of methoxy groups -OCH3 is 1. The van der Waals surface area contributed by atoms with Crippen LogP contribution >= 0.6 is 0 Å². The summed E-state index contributed by atoms with van der Waals surface area (Å²) in [7, 11) is 4.60. The summed E-state index contributed by atoms with van der Waals surface area (Å²) in [5, 5.41) is 2.84. The number of carbonyl (C=O) groups is 3. The molecule has 0 aliphatic heterocycles. The molecule has 0 unspecified atom stereocenters. The molecule has 0 bridgehead atoms. The molecule has 0 spiro atoms. The van der Waals surface area contributed by atoms with Crippen LogP contribution in [0.1, 0.15) is 31.8 Å². The first-order valence-electron chi connectivity index (χ1n) is 10.4. The molecule has 7 nitrogen and oxygen atoms in total. The van der Waals surface area contributed by atoms with Crippen molar-refractivity contribution < 1.29 is 23.9 Å². The van der Waals surface area contributed by atoms with Crippen molar-refractivity contribution in [3.8, 4) is 17.6 Å². The SMILES string of the molecule is COC(=O)c1cccc(C#Cc2cccc(NC(=O)c3ccccc3OCC(=O)N(C)C)c2)c1. The number of likely N-dealkylation sites (N-methyl/N-ethyl adjacent to an activating group) is 1. The Hall–Kier alpha value is -4.57. The summed E-state index contributed by atoms with van der Waals surface area (Å²) in [6.07, 6.45) is 0. The molecule has 0 fully saturated rings. The monoisotopic (exact) mass is 456 g/mol. The molecular formula is C27H24N2O5. The lowest BCUT2D eigenvalue weighted by Gasteiger charge is -2.14. The lowest BCUT2D eigenvalue weighted by molar-refractivity contribution is -0.130. The predicted molar refractivity (Wildman–Crippen MR) is 129 cm³/mol. The molecule has 7 heteroatoms. The van der Waals surface area contributed by atoms with Crippen LogP contribution in [-0.2, 0) is 9.53 Å². The number of esters is 1. The van der Waals surface area contributed by atoms with Gasteiger partial charge in [-0.2, -0.15) is 0 Å². The van der Waals surface area contributed by atoms with Crippen molar-refractivity contribution in [2.24, 2.45) is 0 Å². The minimum absolute atomic E-state index is 0.167. The first-order chi connectivity index (χ1) is 16.4. The van der Waals surface area contributed by atoms with Crippen LogP contribution in [0.3, 0.4) is 0 Å². The van der Waals surface area contributed by atoms with Gasteiger partial charge in [-0.15, -0.1) is 0 Å². The molecule has 0 aliphatic rings. The van der Waals surface area contributed by atoms with E-state index in [-0.39, 0.29) is 18.4 Å². The van der Waals surface area contributed by atoms with Crippen molar-refractivity contribution in [2.75, 3.05) is 33.1 Å². The lowest BCUT2D eigenvalue weighted by atomic mass is 10.1. The number of para-hydroxylation sites is 1. The third-order valence-corrected chi connectivity index (χ3v) is 4.74. The predicted octanol–water partition coefficient (Wildman–Crippen LogP) is 3.59. The van der Waals surface area contributed by atoms with Crippen molar-refractivity contribution in [1.82, 2.24) is 4.90 Å². The van der Waals surface area contributed by atoms with Crippen LogP contribution in [0.25, 0.3) is 0 Å². The molecule has 34 heavy (non-hydrogen) atoms. The summed E-state index contributed by atoms with van der Waals surface area (Å²) in [4.78, 5) is 37.8. The van der Waals surface area contributed by atoms with Gasteiger partial charge in [0.2, 0.25) is 0 Å². The van der Waals surface area contributed by atoms with Gasteiger partial charge in [0.1, 0.15) is 5.75 Å². The van der Waals surface area contributed by atoms with Crippen LogP contribution < -0.4 is 10.1 Å². The molecule has 3 aromatic carbocycles. The summed E-state index contributed by atoms with van der Waals surface area (Å²) in [6.45, 7) is -0.167. The molecule has 0 radical (unpaired) electrons. The maximum absolute atomic E-state index is 12.9. The highest BCUT2D eigenvalue weighted by Crippen LogP contribution is 2.20. The quantitative estimate of drug-likeness (QED) is 0.453. The zero-order valence-corrected chi connectivity index (χ0v) is 19.1. The maximum atomic E-state index is 12.9.